The van der Waals surface area contributed by atoms with Crippen LogP contribution in [0, 0.1) is 0 Å². The molecule has 0 spiro atoms. The molecule has 25 heavy (non-hydrogen) atoms. The molecule has 132 valence electrons. The Kier molecular flexibility index (Phi) is 4.24. The minimum absolute atomic E-state index is 0.187. The fourth-order valence-corrected chi connectivity index (χ4v) is 2.70. The molecule has 0 aliphatic heterocycles. The summed E-state index contributed by atoms with van der Waals surface area (Å²) in [6.45, 7) is 6.68. The number of nitrogens with zero attached hydrogens (tertiary/aromatic N) is 4. The van der Waals surface area contributed by atoms with E-state index in [0.717, 1.165) is 11.3 Å². The summed E-state index contributed by atoms with van der Waals surface area (Å²) in [5, 5.41) is 4.83. The van der Waals surface area contributed by atoms with Crippen LogP contribution < -0.4 is 15.2 Å². The van der Waals surface area contributed by atoms with Gasteiger partial charge in [0.25, 0.3) is 5.56 Å². The lowest BCUT2D eigenvalue weighted by Crippen LogP contribution is -2.26. The number of hydrogen-bond donors (Lipinski definition) is 1. The van der Waals surface area contributed by atoms with E-state index < -0.39 is 0 Å². The van der Waals surface area contributed by atoms with Crippen LogP contribution in [-0.2, 0) is 12.1 Å². The Hall–Kier alpha value is -2.83. The van der Waals surface area contributed by atoms with Gasteiger partial charge in [-0.15, -0.1) is 0 Å². The molecule has 2 aromatic heterocycles. The maximum absolute atomic E-state index is 12.4. The minimum atomic E-state index is -0.259. The lowest BCUT2D eigenvalue weighted by atomic mass is 10.1. The standard InChI is InChI=1S/C18H23N5O2/c1-18(2,3)23-15-14(10-19-23)16(24)21-17(20-15)22(4)11-12-7-6-8-13(9-12)25-5/h6-10H,11H2,1-5H3,(H,20,21,24). The van der Waals surface area contributed by atoms with Crippen LogP contribution in [0.1, 0.15) is 26.3 Å². The highest BCUT2D eigenvalue weighted by atomic mass is 16.5. The largest absolute Gasteiger partial charge is 0.497 e. The van der Waals surface area contributed by atoms with Crippen LogP contribution in [0.15, 0.2) is 35.3 Å². The molecule has 1 N–H and O–H groups in total. The molecule has 7 heteroatoms. The molecule has 0 bridgehead atoms. The van der Waals surface area contributed by atoms with Crippen molar-refractivity contribution >= 4 is 17.0 Å². The highest BCUT2D eigenvalue weighted by Gasteiger charge is 2.20. The lowest BCUT2D eigenvalue weighted by Gasteiger charge is -2.21. The van der Waals surface area contributed by atoms with Gasteiger partial charge in [0.05, 0.1) is 18.8 Å². The third-order valence-electron chi connectivity index (χ3n) is 3.98. The Balaban J connectivity index is 1.98. The van der Waals surface area contributed by atoms with Gasteiger partial charge in [-0.05, 0) is 38.5 Å². The van der Waals surface area contributed by atoms with Crippen LogP contribution >= 0.6 is 0 Å². The molecule has 0 aliphatic carbocycles. The summed E-state index contributed by atoms with van der Waals surface area (Å²) in [6, 6.07) is 7.81. The van der Waals surface area contributed by atoms with Gasteiger partial charge in [0.1, 0.15) is 11.1 Å². The molecule has 3 rings (SSSR count). The Morgan fingerprint density at radius 3 is 2.76 bits per heavy atom. The highest BCUT2D eigenvalue weighted by molar-refractivity contribution is 5.74. The molecular formula is C18H23N5O2. The average Bonchev–Trinajstić information content (AvgIpc) is 2.99. The predicted molar refractivity (Wildman–Crippen MR) is 98.2 cm³/mol. The summed E-state index contributed by atoms with van der Waals surface area (Å²) in [7, 11) is 3.53. The number of H-pyrrole nitrogens is 1. The van der Waals surface area contributed by atoms with Crippen LogP contribution in [0.4, 0.5) is 5.95 Å². The van der Waals surface area contributed by atoms with Gasteiger partial charge in [0, 0.05) is 13.6 Å². The van der Waals surface area contributed by atoms with Crippen molar-refractivity contribution in [3.05, 3.63) is 46.4 Å². The van der Waals surface area contributed by atoms with Crippen LogP contribution in [-0.4, -0.2) is 33.9 Å². The maximum atomic E-state index is 12.4. The number of methoxy groups -OCH3 is 1. The minimum Gasteiger partial charge on any atom is -0.497 e. The maximum Gasteiger partial charge on any atom is 0.263 e. The van der Waals surface area contributed by atoms with E-state index in [0.29, 0.717) is 23.5 Å². The van der Waals surface area contributed by atoms with Crippen LogP contribution in [0.25, 0.3) is 11.0 Å². The van der Waals surface area contributed by atoms with E-state index in [9.17, 15) is 4.79 Å². The molecule has 0 unspecified atom stereocenters. The molecule has 0 saturated carbocycles. The van der Waals surface area contributed by atoms with E-state index in [1.807, 2.05) is 57.0 Å². The van der Waals surface area contributed by atoms with E-state index in [1.165, 1.54) is 0 Å². The van der Waals surface area contributed by atoms with E-state index in [2.05, 4.69) is 15.1 Å². The first-order valence-electron chi connectivity index (χ1n) is 8.12. The molecule has 0 atom stereocenters. The van der Waals surface area contributed by atoms with Crippen molar-refractivity contribution < 1.29 is 4.74 Å². The summed E-state index contributed by atoms with van der Waals surface area (Å²) in [5.74, 6) is 1.31. The average molecular weight is 341 g/mol. The van der Waals surface area contributed by atoms with Crippen molar-refractivity contribution in [1.29, 1.82) is 0 Å². The quantitative estimate of drug-likeness (QED) is 0.789. The number of ether oxygens (including phenoxy) is 1. The normalized spacial score (nSPS) is 11.7. The molecule has 0 aliphatic rings. The Morgan fingerprint density at radius 1 is 1.32 bits per heavy atom. The molecule has 1 aromatic carbocycles. The summed E-state index contributed by atoms with van der Waals surface area (Å²) in [4.78, 5) is 21.8. The number of rotatable bonds is 4. The number of aromatic amines is 1. The van der Waals surface area contributed by atoms with Gasteiger partial charge in [-0.1, -0.05) is 12.1 Å². The van der Waals surface area contributed by atoms with Gasteiger partial charge in [-0.2, -0.15) is 10.1 Å². The number of hydrogen-bond acceptors (Lipinski definition) is 5. The smallest absolute Gasteiger partial charge is 0.263 e. The van der Waals surface area contributed by atoms with E-state index in [1.54, 1.807) is 18.0 Å². The number of benzene rings is 1. The SMILES string of the molecule is COc1cccc(CN(C)c2nc3c(cnn3C(C)(C)C)c(=O)[nH]2)c1. The Morgan fingerprint density at radius 2 is 2.08 bits per heavy atom. The van der Waals surface area contributed by atoms with Crippen molar-refractivity contribution in [1.82, 2.24) is 19.7 Å². The number of anilines is 1. The fourth-order valence-electron chi connectivity index (χ4n) is 2.70. The molecule has 0 saturated heterocycles. The van der Waals surface area contributed by atoms with Gasteiger partial charge in [-0.25, -0.2) is 4.68 Å². The molecule has 2 heterocycles. The summed E-state index contributed by atoms with van der Waals surface area (Å²) < 4.78 is 7.04. The first kappa shape index (κ1) is 17.0. The van der Waals surface area contributed by atoms with Crippen molar-refractivity contribution in [2.24, 2.45) is 0 Å². The van der Waals surface area contributed by atoms with Crippen molar-refractivity contribution in [3.63, 3.8) is 0 Å². The molecule has 0 radical (unpaired) electrons. The van der Waals surface area contributed by atoms with Crippen molar-refractivity contribution in [2.45, 2.75) is 32.9 Å². The fraction of sp³-hybridized carbons (Fsp3) is 0.389. The van der Waals surface area contributed by atoms with Gasteiger partial charge < -0.3 is 9.64 Å². The molecule has 0 amide bonds. The molecule has 7 nitrogen and oxygen atoms in total. The monoisotopic (exact) mass is 341 g/mol. The van der Waals surface area contributed by atoms with Crippen LogP contribution in [0.5, 0.6) is 5.75 Å². The Bertz CT molecular complexity index is 952. The highest BCUT2D eigenvalue weighted by Crippen LogP contribution is 2.20. The van der Waals surface area contributed by atoms with Crippen LogP contribution in [0.3, 0.4) is 0 Å². The number of aromatic nitrogens is 4. The Labute approximate surface area is 146 Å². The first-order chi connectivity index (χ1) is 11.8. The lowest BCUT2D eigenvalue weighted by molar-refractivity contribution is 0.366. The second-order valence-corrected chi connectivity index (χ2v) is 7.06. The van der Waals surface area contributed by atoms with Gasteiger partial charge in [0.15, 0.2) is 5.65 Å². The molecular weight excluding hydrogens is 318 g/mol. The summed E-state index contributed by atoms with van der Waals surface area (Å²) in [5.41, 5.74) is 1.20. The summed E-state index contributed by atoms with van der Waals surface area (Å²) >= 11 is 0. The zero-order valence-corrected chi connectivity index (χ0v) is 15.2. The van der Waals surface area contributed by atoms with E-state index in [-0.39, 0.29) is 11.1 Å². The van der Waals surface area contributed by atoms with Crippen LogP contribution in [0.2, 0.25) is 0 Å². The van der Waals surface area contributed by atoms with E-state index >= 15 is 0 Å². The van der Waals surface area contributed by atoms with Crippen molar-refractivity contribution in [3.8, 4) is 5.75 Å². The van der Waals surface area contributed by atoms with E-state index in [4.69, 9.17) is 4.74 Å². The van der Waals surface area contributed by atoms with Gasteiger partial charge in [0.2, 0.25) is 5.95 Å². The zero-order valence-electron chi connectivity index (χ0n) is 15.2. The first-order valence-corrected chi connectivity index (χ1v) is 8.12. The third-order valence-corrected chi connectivity index (χ3v) is 3.98. The third kappa shape index (κ3) is 3.35. The topological polar surface area (TPSA) is 76.0 Å². The predicted octanol–water partition coefficient (Wildman–Crippen LogP) is 2.52. The zero-order chi connectivity index (χ0) is 18.2. The second-order valence-electron chi connectivity index (χ2n) is 7.06. The number of fused-ring (bicyclic) bond motifs is 1. The second kappa shape index (κ2) is 6.23. The van der Waals surface area contributed by atoms with Gasteiger partial charge >= 0.3 is 0 Å². The summed E-state index contributed by atoms with van der Waals surface area (Å²) in [6.07, 6.45) is 1.57. The molecule has 0 fully saturated rings. The molecule has 3 aromatic rings. The van der Waals surface area contributed by atoms with Crippen molar-refractivity contribution in [2.75, 3.05) is 19.1 Å². The van der Waals surface area contributed by atoms with Gasteiger partial charge in [-0.3, -0.25) is 9.78 Å². The number of nitrogens with one attached hydrogen (secondary N) is 1.